The standard InChI is InChI=1S/C11H16N4O4S/c1-19-11(16)4-2-5-14-8-10(12-13-14)9-15-6-3-7-20(15,17)18/h3,7-8H,2,4-6,9H2,1H3. The molecule has 0 radical (unpaired) electrons. The zero-order valence-electron chi connectivity index (χ0n) is 11.1. The van der Waals surface area contributed by atoms with Crippen molar-refractivity contribution in [3.8, 4) is 0 Å². The molecule has 0 unspecified atom stereocenters. The molecule has 0 amide bonds. The Hall–Kier alpha value is -1.74. The monoisotopic (exact) mass is 300 g/mol. The summed E-state index contributed by atoms with van der Waals surface area (Å²) in [5.41, 5.74) is 0.579. The number of carbonyl (C=O) groups excluding carboxylic acids is 1. The number of rotatable bonds is 6. The van der Waals surface area contributed by atoms with Crippen LogP contribution in [0.1, 0.15) is 18.5 Å². The molecule has 0 aromatic carbocycles. The van der Waals surface area contributed by atoms with E-state index in [0.29, 0.717) is 31.6 Å². The SMILES string of the molecule is COC(=O)CCCn1cc(CN2CC=CS2(=O)=O)nn1. The van der Waals surface area contributed by atoms with Crippen molar-refractivity contribution in [2.24, 2.45) is 0 Å². The van der Waals surface area contributed by atoms with E-state index in [9.17, 15) is 13.2 Å². The summed E-state index contributed by atoms with van der Waals surface area (Å²) >= 11 is 0. The summed E-state index contributed by atoms with van der Waals surface area (Å²) in [6.07, 6.45) is 4.19. The number of aromatic nitrogens is 3. The Morgan fingerprint density at radius 1 is 1.50 bits per heavy atom. The molecule has 1 aliphatic rings. The second kappa shape index (κ2) is 6.14. The van der Waals surface area contributed by atoms with Crippen LogP contribution >= 0.6 is 0 Å². The van der Waals surface area contributed by atoms with Gasteiger partial charge in [0.25, 0.3) is 0 Å². The summed E-state index contributed by atoms with van der Waals surface area (Å²) in [6, 6.07) is 0. The molecule has 20 heavy (non-hydrogen) atoms. The van der Waals surface area contributed by atoms with Gasteiger partial charge in [-0.2, -0.15) is 4.31 Å². The van der Waals surface area contributed by atoms with Crippen LogP contribution in [0.3, 0.4) is 0 Å². The molecule has 0 atom stereocenters. The number of carbonyl (C=O) groups is 1. The second-order valence-corrected chi connectivity index (χ2v) is 6.18. The van der Waals surface area contributed by atoms with Gasteiger partial charge in [0.1, 0.15) is 0 Å². The van der Waals surface area contributed by atoms with Crippen molar-refractivity contribution < 1.29 is 17.9 Å². The first kappa shape index (κ1) is 14.7. The Kier molecular flexibility index (Phi) is 4.50. The van der Waals surface area contributed by atoms with E-state index in [1.165, 1.54) is 16.8 Å². The van der Waals surface area contributed by atoms with E-state index in [2.05, 4.69) is 15.0 Å². The maximum atomic E-state index is 11.6. The Morgan fingerprint density at radius 3 is 2.95 bits per heavy atom. The highest BCUT2D eigenvalue weighted by Crippen LogP contribution is 2.14. The van der Waals surface area contributed by atoms with Crippen molar-refractivity contribution in [1.82, 2.24) is 19.3 Å². The minimum Gasteiger partial charge on any atom is -0.469 e. The Bertz CT molecular complexity index is 608. The Balaban J connectivity index is 1.85. The average molecular weight is 300 g/mol. The minimum atomic E-state index is -3.29. The summed E-state index contributed by atoms with van der Waals surface area (Å²) in [7, 11) is -1.95. The fourth-order valence-electron chi connectivity index (χ4n) is 1.82. The topological polar surface area (TPSA) is 94.4 Å². The first-order valence-corrected chi connectivity index (χ1v) is 7.64. The molecule has 1 aliphatic heterocycles. The maximum absolute atomic E-state index is 11.6. The quantitative estimate of drug-likeness (QED) is 0.680. The average Bonchev–Trinajstić information content (AvgIpc) is 2.97. The van der Waals surface area contributed by atoms with Crippen molar-refractivity contribution in [1.29, 1.82) is 0 Å². The van der Waals surface area contributed by atoms with Crippen molar-refractivity contribution in [2.45, 2.75) is 25.9 Å². The van der Waals surface area contributed by atoms with E-state index in [-0.39, 0.29) is 12.5 Å². The highest BCUT2D eigenvalue weighted by Gasteiger charge is 2.23. The summed E-state index contributed by atoms with van der Waals surface area (Å²) in [5.74, 6) is -0.264. The van der Waals surface area contributed by atoms with Gasteiger partial charge in [0.2, 0.25) is 10.0 Å². The third-order valence-electron chi connectivity index (χ3n) is 2.86. The molecule has 0 spiro atoms. The maximum Gasteiger partial charge on any atom is 0.305 e. The van der Waals surface area contributed by atoms with Crippen LogP contribution in [-0.4, -0.2) is 47.3 Å². The van der Waals surface area contributed by atoms with E-state index in [4.69, 9.17) is 0 Å². The van der Waals surface area contributed by atoms with Crippen LogP contribution in [0.5, 0.6) is 0 Å². The number of methoxy groups -OCH3 is 1. The van der Waals surface area contributed by atoms with Gasteiger partial charge in [-0.3, -0.25) is 9.48 Å². The lowest BCUT2D eigenvalue weighted by Crippen LogP contribution is -2.24. The van der Waals surface area contributed by atoms with Gasteiger partial charge in [-0.1, -0.05) is 11.3 Å². The van der Waals surface area contributed by atoms with E-state index in [1.54, 1.807) is 17.0 Å². The number of nitrogens with zero attached hydrogens (tertiary/aromatic N) is 4. The van der Waals surface area contributed by atoms with Crippen LogP contribution < -0.4 is 0 Å². The van der Waals surface area contributed by atoms with Gasteiger partial charge >= 0.3 is 5.97 Å². The number of esters is 1. The normalized spacial score (nSPS) is 17.4. The third kappa shape index (κ3) is 3.64. The fraction of sp³-hybridized carbons (Fsp3) is 0.545. The van der Waals surface area contributed by atoms with Gasteiger partial charge < -0.3 is 4.74 Å². The first-order valence-electron chi connectivity index (χ1n) is 6.14. The van der Waals surface area contributed by atoms with E-state index >= 15 is 0 Å². The summed E-state index contributed by atoms with van der Waals surface area (Å²) in [6.45, 7) is 1.09. The molecule has 110 valence electrons. The summed E-state index contributed by atoms with van der Waals surface area (Å²) < 4.78 is 30.6. The number of aryl methyl sites for hydroxylation is 1. The largest absolute Gasteiger partial charge is 0.469 e. The molecule has 0 N–H and O–H groups in total. The van der Waals surface area contributed by atoms with Crippen molar-refractivity contribution in [2.75, 3.05) is 13.7 Å². The molecule has 1 aromatic heterocycles. The Labute approximate surface area is 117 Å². The zero-order valence-corrected chi connectivity index (χ0v) is 11.9. The lowest BCUT2D eigenvalue weighted by Gasteiger charge is -2.11. The number of ether oxygens (including phenoxy) is 1. The second-order valence-electron chi connectivity index (χ2n) is 4.36. The van der Waals surface area contributed by atoms with Crippen LogP contribution in [0.4, 0.5) is 0 Å². The minimum absolute atomic E-state index is 0.201. The molecule has 0 saturated heterocycles. The van der Waals surface area contributed by atoms with Gasteiger partial charge in [-0.15, -0.1) is 5.10 Å². The molecule has 9 heteroatoms. The molecule has 8 nitrogen and oxygen atoms in total. The smallest absolute Gasteiger partial charge is 0.305 e. The lowest BCUT2D eigenvalue weighted by molar-refractivity contribution is -0.140. The van der Waals surface area contributed by atoms with Gasteiger partial charge in [0, 0.05) is 31.1 Å². The molecule has 0 aliphatic carbocycles. The number of sulfonamides is 1. The number of hydrogen-bond donors (Lipinski definition) is 0. The molecule has 2 heterocycles. The van der Waals surface area contributed by atoms with Crippen LogP contribution in [0.25, 0.3) is 0 Å². The van der Waals surface area contributed by atoms with Gasteiger partial charge in [0.05, 0.1) is 19.3 Å². The Morgan fingerprint density at radius 2 is 2.30 bits per heavy atom. The first-order chi connectivity index (χ1) is 9.51. The van der Waals surface area contributed by atoms with Gasteiger partial charge in [-0.05, 0) is 6.42 Å². The van der Waals surface area contributed by atoms with Crippen LogP contribution in [0.15, 0.2) is 17.7 Å². The zero-order chi connectivity index (χ0) is 14.6. The molecule has 1 aromatic rings. The number of hydrogen-bond acceptors (Lipinski definition) is 6. The predicted molar refractivity (Wildman–Crippen MR) is 69.7 cm³/mol. The van der Waals surface area contributed by atoms with Crippen molar-refractivity contribution in [3.05, 3.63) is 23.4 Å². The van der Waals surface area contributed by atoms with Crippen LogP contribution in [-0.2, 0) is 32.6 Å². The van der Waals surface area contributed by atoms with Crippen molar-refractivity contribution >= 4 is 16.0 Å². The molecule has 0 bridgehead atoms. The highest BCUT2D eigenvalue weighted by molar-refractivity contribution is 7.92. The summed E-state index contributed by atoms with van der Waals surface area (Å²) in [5, 5.41) is 9.02. The molecule has 2 rings (SSSR count). The lowest BCUT2D eigenvalue weighted by atomic mass is 10.3. The van der Waals surface area contributed by atoms with Crippen LogP contribution in [0, 0.1) is 0 Å². The molecule has 0 saturated carbocycles. The predicted octanol–water partition coefficient (Wildman–Crippen LogP) is -0.110. The van der Waals surface area contributed by atoms with Gasteiger partial charge in [-0.25, -0.2) is 8.42 Å². The molecule has 0 fully saturated rings. The van der Waals surface area contributed by atoms with E-state index < -0.39 is 10.0 Å². The van der Waals surface area contributed by atoms with Crippen molar-refractivity contribution in [3.63, 3.8) is 0 Å². The van der Waals surface area contributed by atoms with E-state index in [0.717, 1.165) is 0 Å². The molecular weight excluding hydrogens is 284 g/mol. The molecular formula is C11H16N4O4S. The fourth-order valence-corrected chi connectivity index (χ4v) is 2.92. The van der Waals surface area contributed by atoms with Gasteiger partial charge in [0.15, 0.2) is 0 Å². The van der Waals surface area contributed by atoms with E-state index in [1.807, 2.05) is 0 Å². The highest BCUT2D eigenvalue weighted by atomic mass is 32.2. The third-order valence-corrected chi connectivity index (χ3v) is 4.39. The van der Waals surface area contributed by atoms with Crippen LogP contribution in [0.2, 0.25) is 0 Å². The summed E-state index contributed by atoms with van der Waals surface area (Å²) in [4.78, 5) is 11.0.